The molecule has 1 aliphatic rings. The molecule has 0 unspecified atom stereocenters. The van der Waals surface area contributed by atoms with Gasteiger partial charge in [0, 0.05) is 24.4 Å². The number of benzene rings is 2. The summed E-state index contributed by atoms with van der Waals surface area (Å²) in [6.45, 7) is 6.58. The molecule has 0 aliphatic carbocycles. The molecule has 0 spiro atoms. The van der Waals surface area contributed by atoms with Crippen molar-refractivity contribution < 1.29 is 9.72 Å². The normalized spacial score (nSPS) is 19.5. The van der Waals surface area contributed by atoms with Gasteiger partial charge in [0.15, 0.2) is 0 Å². The van der Waals surface area contributed by atoms with Gasteiger partial charge in [0.2, 0.25) is 5.91 Å². The second-order valence-corrected chi connectivity index (χ2v) is 6.50. The third-order valence-electron chi connectivity index (χ3n) is 4.78. The lowest BCUT2D eigenvalue weighted by molar-refractivity contribution is -0.384. The first-order valence-corrected chi connectivity index (χ1v) is 8.03. The number of rotatable bonds is 4. The summed E-state index contributed by atoms with van der Waals surface area (Å²) in [6, 6.07) is 12.6. The van der Waals surface area contributed by atoms with Gasteiger partial charge in [-0.2, -0.15) is 0 Å². The molecule has 0 N–H and O–H groups in total. The molecule has 5 heteroatoms. The number of likely N-dealkylation sites (N-methyl/N-ethyl adjacent to an activating group) is 1. The second kappa shape index (κ2) is 5.74. The van der Waals surface area contributed by atoms with Crippen LogP contribution in [0.5, 0.6) is 0 Å². The van der Waals surface area contributed by atoms with Gasteiger partial charge in [-0.05, 0) is 44.4 Å². The van der Waals surface area contributed by atoms with Crippen molar-refractivity contribution in [3.05, 3.63) is 69.3 Å². The highest BCUT2D eigenvalue weighted by molar-refractivity contribution is 6.08. The molecule has 0 fully saturated rings. The van der Waals surface area contributed by atoms with Crippen molar-refractivity contribution in [2.24, 2.45) is 0 Å². The molecule has 0 saturated carbocycles. The topological polar surface area (TPSA) is 63.5 Å². The van der Waals surface area contributed by atoms with Crippen molar-refractivity contribution in [3.8, 4) is 0 Å². The molecule has 2 aromatic rings. The SMILES string of the molecule is CCN1C(=O)[C@@](C)(Cc2ccc([N+](=O)[O-])cc2)c2cc(C)ccc21. The van der Waals surface area contributed by atoms with E-state index in [0.29, 0.717) is 13.0 Å². The highest BCUT2D eigenvalue weighted by Crippen LogP contribution is 2.44. The highest BCUT2D eigenvalue weighted by atomic mass is 16.6. The zero-order valence-corrected chi connectivity index (χ0v) is 14.1. The van der Waals surface area contributed by atoms with Crippen LogP contribution in [0.25, 0.3) is 0 Å². The molecule has 0 bridgehead atoms. The summed E-state index contributed by atoms with van der Waals surface area (Å²) < 4.78 is 0. The number of anilines is 1. The number of carbonyl (C=O) groups is 1. The van der Waals surface area contributed by atoms with Gasteiger partial charge in [0.05, 0.1) is 10.3 Å². The van der Waals surface area contributed by atoms with Gasteiger partial charge in [-0.3, -0.25) is 14.9 Å². The van der Waals surface area contributed by atoms with Crippen molar-refractivity contribution in [1.82, 2.24) is 0 Å². The molecule has 5 nitrogen and oxygen atoms in total. The van der Waals surface area contributed by atoms with Crippen LogP contribution < -0.4 is 4.90 Å². The quantitative estimate of drug-likeness (QED) is 0.635. The van der Waals surface area contributed by atoms with Crippen molar-refractivity contribution in [3.63, 3.8) is 0 Å². The smallest absolute Gasteiger partial charge is 0.269 e. The Morgan fingerprint density at radius 1 is 1.17 bits per heavy atom. The van der Waals surface area contributed by atoms with E-state index >= 15 is 0 Å². The third kappa shape index (κ3) is 2.46. The van der Waals surface area contributed by atoms with Gasteiger partial charge in [-0.1, -0.05) is 29.8 Å². The number of carbonyl (C=O) groups excluding carboxylic acids is 1. The first-order chi connectivity index (χ1) is 11.4. The van der Waals surface area contributed by atoms with Crippen LogP contribution in [-0.4, -0.2) is 17.4 Å². The lowest BCUT2D eigenvalue weighted by Gasteiger charge is -2.24. The fraction of sp³-hybridized carbons (Fsp3) is 0.316. The number of nitrogens with zero attached hydrogens (tertiary/aromatic N) is 2. The lowest BCUT2D eigenvalue weighted by atomic mass is 9.78. The van der Waals surface area contributed by atoms with E-state index < -0.39 is 10.3 Å². The average molecular weight is 324 g/mol. The zero-order valence-electron chi connectivity index (χ0n) is 14.1. The van der Waals surface area contributed by atoms with E-state index in [9.17, 15) is 14.9 Å². The fourth-order valence-corrected chi connectivity index (χ4v) is 3.48. The fourth-order valence-electron chi connectivity index (χ4n) is 3.48. The number of hydrogen-bond donors (Lipinski definition) is 0. The lowest BCUT2D eigenvalue weighted by Crippen LogP contribution is -2.39. The van der Waals surface area contributed by atoms with Gasteiger partial charge < -0.3 is 4.90 Å². The summed E-state index contributed by atoms with van der Waals surface area (Å²) in [6.07, 6.45) is 0.525. The third-order valence-corrected chi connectivity index (χ3v) is 4.78. The standard InChI is InChI=1S/C19H20N2O3/c1-4-20-17-10-5-13(2)11-16(17)19(3,18(20)22)12-14-6-8-15(9-7-14)21(23)24/h5-11H,4,12H2,1-3H3/t19-/m0/s1. The minimum Gasteiger partial charge on any atom is -0.312 e. The summed E-state index contributed by atoms with van der Waals surface area (Å²) in [4.78, 5) is 25.2. The maximum atomic E-state index is 13.0. The van der Waals surface area contributed by atoms with E-state index in [4.69, 9.17) is 0 Å². The summed E-state index contributed by atoms with van der Waals surface area (Å²) in [5.41, 5.74) is 3.46. The van der Waals surface area contributed by atoms with E-state index in [-0.39, 0.29) is 11.6 Å². The molecule has 1 aliphatic heterocycles. The summed E-state index contributed by atoms with van der Waals surface area (Å²) in [5, 5.41) is 10.8. The van der Waals surface area contributed by atoms with Crippen LogP contribution >= 0.6 is 0 Å². The molecule has 0 aromatic heterocycles. The van der Waals surface area contributed by atoms with Crippen molar-refractivity contribution in [1.29, 1.82) is 0 Å². The van der Waals surface area contributed by atoms with Crippen molar-refractivity contribution >= 4 is 17.3 Å². The van der Waals surface area contributed by atoms with E-state index in [0.717, 1.165) is 22.4 Å². The van der Waals surface area contributed by atoms with Gasteiger partial charge in [0.1, 0.15) is 0 Å². The van der Waals surface area contributed by atoms with Gasteiger partial charge in [-0.25, -0.2) is 0 Å². The molecule has 1 heterocycles. The number of fused-ring (bicyclic) bond motifs is 1. The van der Waals surface area contributed by atoms with E-state index in [1.54, 1.807) is 12.1 Å². The van der Waals surface area contributed by atoms with E-state index in [1.807, 2.05) is 37.8 Å². The van der Waals surface area contributed by atoms with Crippen LogP contribution in [0.15, 0.2) is 42.5 Å². The largest absolute Gasteiger partial charge is 0.312 e. The Kier molecular flexibility index (Phi) is 3.87. The molecule has 124 valence electrons. The van der Waals surface area contributed by atoms with E-state index in [2.05, 4.69) is 6.07 Å². The average Bonchev–Trinajstić information content (AvgIpc) is 2.76. The first kappa shape index (κ1) is 16.2. The zero-order chi connectivity index (χ0) is 17.5. The molecular weight excluding hydrogens is 304 g/mol. The van der Waals surface area contributed by atoms with Crippen LogP contribution in [0.4, 0.5) is 11.4 Å². The van der Waals surface area contributed by atoms with Crippen LogP contribution in [0, 0.1) is 17.0 Å². The predicted molar refractivity (Wildman–Crippen MR) is 93.4 cm³/mol. The van der Waals surface area contributed by atoms with Gasteiger partial charge >= 0.3 is 0 Å². The number of hydrogen-bond acceptors (Lipinski definition) is 3. The highest BCUT2D eigenvalue weighted by Gasteiger charge is 2.46. The first-order valence-electron chi connectivity index (χ1n) is 8.03. The van der Waals surface area contributed by atoms with E-state index in [1.165, 1.54) is 12.1 Å². The molecule has 2 aromatic carbocycles. The number of aryl methyl sites for hydroxylation is 1. The Bertz CT molecular complexity index is 814. The Balaban J connectivity index is 2.01. The summed E-state index contributed by atoms with van der Waals surface area (Å²) >= 11 is 0. The Labute approximate surface area is 141 Å². The van der Waals surface area contributed by atoms with Crippen LogP contribution in [0.3, 0.4) is 0 Å². The Hall–Kier alpha value is -2.69. The molecule has 0 saturated heterocycles. The minimum absolute atomic E-state index is 0.0630. The Morgan fingerprint density at radius 3 is 2.42 bits per heavy atom. The molecule has 0 radical (unpaired) electrons. The maximum absolute atomic E-state index is 13.0. The predicted octanol–water partition coefficient (Wildman–Crippen LogP) is 3.77. The number of nitro groups is 1. The number of non-ortho nitro benzene ring substituents is 1. The summed E-state index contributed by atoms with van der Waals surface area (Å²) in [7, 11) is 0. The molecule has 24 heavy (non-hydrogen) atoms. The van der Waals surface area contributed by atoms with Gasteiger partial charge in [-0.15, -0.1) is 0 Å². The van der Waals surface area contributed by atoms with Crippen LogP contribution in [0.1, 0.15) is 30.5 Å². The van der Waals surface area contributed by atoms with Crippen LogP contribution in [-0.2, 0) is 16.6 Å². The van der Waals surface area contributed by atoms with Crippen molar-refractivity contribution in [2.45, 2.75) is 32.6 Å². The Morgan fingerprint density at radius 2 is 1.83 bits per heavy atom. The molecular formula is C19H20N2O3. The monoisotopic (exact) mass is 324 g/mol. The minimum atomic E-state index is -0.645. The maximum Gasteiger partial charge on any atom is 0.269 e. The number of nitro benzene ring substituents is 1. The second-order valence-electron chi connectivity index (χ2n) is 6.50. The van der Waals surface area contributed by atoms with Crippen LogP contribution in [0.2, 0.25) is 0 Å². The molecule has 1 atom stereocenters. The summed E-state index contributed by atoms with van der Waals surface area (Å²) in [5.74, 6) is 0.0870. The molecule has 1 amide bonds. The number of amides is 1. The van der Waals surface area contributed by atoms with Gasteiger partial charge in [0.25, 0.3) is 5.69 Å². The molecule has 3 rings (SSSR count). The van der Waals surface area contributed by atoms with Crippen molar-refractivity contribution in [2.75, 3.05) is 11.4 Å².